The number of aliphatic hydroxyl groups excluding tert-OH is 4. The van der Waals surface area contributed by atoms with Crippen LogP contribution >= 0.6 is 11.6 Å². The van der Waals surface area contributed by atoms with E-state index < -0.39 is 37.0 Å². The maximum Gasteiger partial charge on any atom is 0.341 e. The standard InChI is InChI=1S/C9H16ClN3O7/c10-1-2-13(12-20)9(19)11-5(3-14)7(17)8(18)6(16)4-15/h3,5-8,15-18H,1-2,4H2,(H,11,19)/t5-,6+,7+,8+/m0/s1. The number of halogens is 1. The Bertz CT molecular complexity index is 333. The number of nitrogens with one attached hydrogen (secondary N) is 1. The number of urea groups is 1. The van der Waals surface area contributed by atoms with Gasteiger partial charge in [0.15, 0.2) is 0 Å². The van der Waals surface area contributed by atoms with Crippen LogP contribution in [0.4, 0.5) is 4.79 Å². The van der Waals surface area contributed by atoms with Crippen LogP contribution in [0.2, 0.25) is 0 Å². The van der Waals surface area contributed by atoms with Gasteiger partial charge in [-0.3, -0.25) is 0 Å². The Morgan fingerprint density at radius 1 is 1.35 bits per heavy atom. The van der Waals surface area contributed by atoms with Crippen LogP contribution in [0.5, 0.6) is 0 Å². The molecule has 10 nitrogen and oxygen atoms in total. The van der Waals surface area contributed by atoms with Crippen LogP contribution in [-0.4, -0.2) is 81.1 Å². The van der Waals surface area contributed by atoms with Crippen molar-refractivity contribution >= 4 is 23.9 Å². The number of carbonyl (C=O) groups is 2. The van der Waals surface area contributed by atoms with Gasteiger partial charge < -0.3 is 30.5 Å². The summed E-state index contributed by atoms with van der Waals surface area (Å²) in [6, 6.07) is -2.72. The molecule has 0 unspecified atom stereocenters. The SMILES string of the molecule is O=C[C@H](NC(=O)N(CCCl)N=O)[C@@H](O)[C@H](O)[C@H](O)CO. The molecule has 116 valence electrons. The number of rotatable bonds is 9. The number of aldehydes is 1. The lowest BCUT2D eigenvalue weighted by molar-refractivity contribution is -0.119. The first-order valence-corrected chi connectivity index (χ1v) is 6.04. The average molecular weight is 314 g/mol. The van der Waals surface area contributed by atoms with Gasteiger partial charge in [0, 0.05) is 5.88 Å². The van der Waals surface area contributed by atoms with Gasteiger partial charge in [0.1, 0.15) is 30.6 Å². The van der Waals surface area contributed by atoms with Crippen LogP contribution in [0, 0.1) is 4.91 Å². The van der Waals surface area contributed by atoms with Crippen LogP contribution < -0.4 is 5.32 Å². The maximum absolute atomic E-state index is 11.5. The van der Waals surface area contributed by atoms with Crippen molar-refractivity contribution in [2.45, 2.75) is 24.4 Å². The molecule has 0 aliphatic rings. The molecule has 0 fully saturated rings. The normalized spacial score (nSPS) is 16.6. The van der Waals surface area contributed by atoms with Gasteiger partial charge in [0.2, 0.25) is 0 Å². The summed E-state index contributed by atoms with van der Waals surface area (Å²) in [5.41, 5.74) is 0. The number of carbonyl (C=O) groups excluding carboxylic acids is 2. The molecule has 0 saturated heterocycles. The Labute approximate surface area is 118 Å². The van der Waals surface area contributed by atoms with Crippen LogP contribution in [0.25, 0.3) is 0 Å². The molecular weight excluding hydrogens is 298 g/mol. The van der Waals surface area contributed by atoms with Gasteiger partial charge in [-0.15, -0.1) is 16.5 Å². The van der Waals surface area contributed by atoms with E-state index in [2.05, 4.69) is 5.29 Å². The minimum absolute atomic E-state index is 0.0840. The summed E-state index contributed by atoms with van der Waals surface area (Å²) in [5.74, 6) is -0.0840. The molecule has 5 N–H and O–H groups in total. The zero-order valence-electron chi connectivity index (χ0n) is 10.3. The van der Waals surface area contributed by atoms with Crippen molar-refractivity contribution < 1.29 is 30.0 Å². The highest BCUT2D eigenvalue weighted by Gasteiger charge is 2.32. The fourth-order valence-corrected chi connectivity index (χ4v) is 1.38. The molecule has 0 bridgehead atoms. The third kappa shape index (κ3) is 5.35. The van der Waals surface area contributed by atoms with E-state index in [1.54, 1.807) is 0 Å². The molecule has 0 aromatic rings. The Morgan fingerprint density at radius 3 is 2.35 bits per heavy atom. The number of hydrogen-bond donors (Lipinski definition) is 5. The lowest BCUT2D eigenvalue weighted by Gasteiger charge is -2.26. The van der Waals surface area contributed by atoms with Crippen LogP contribution in [-0.2, 0) is 4.79 Å². The van der Waals surface area contributed by atoms with Gasteiger partial charge in [0.25, 0.3) is 0 Å². The van der Waals surface area contributed by atoms with Crippen LogP contribution in [0.3, 0.4) is 0 Å². The summed E-state index contributed by atoms with van der Waals surface area (Å²) in [6.07, 6.45) is -5.36. The predicted octanol–water partition coefficient (Wildman–Crippen LogP) is -2.44. The molecule has 0 aromatic heterocycles. The molecule has 0 aliphatic heterocycles. The molecule has 0 radical (unpaired) electrons. The van der Waals surface area contributed by atoms with Gasteiger partial charge in [-0.1, -0.05) is 0 Å². The van der Waals surface area contributed by atoms with E-state index in [0.29, 0.717) is 5.01 Å². The third-order valence-corrected chi connectivity index (χ3v) is 2.53. The monoisotopic (exact) mass is 313 g/mol. The Balaban J connectivity index is 4.72. The quantitative estimate of drug-likeness (QED) is 0.137. The second-order valence-electron chi connectivity index (χ2n) is 3.74. The van der Waals surface area contributed by atoms with Crippen molar-refractivity contribution in [1.29, 1.82) is 0 Å². The maximum atomic E-state index is 11.5. The van der Waals surface area contributed by atoms with Gasteiger partial charge in [0.05, 0.1) is 18.4 Å². The highest BCUT2D eigenvalue weighted by atomic mass is 35.5. The van der Waals surface area contributed by atoms with Crippen molar-refractivity contribution in [3.63, 3.8) is 0 Å². The first-order chi connectivity index (χ1) is 9.42. The van der Waals surface area contributed by atoms with Gasteiger partial charge in [-0.25, -0.2) is 4.79 Å². The zero-order valence-corrected chi connectivity index (χ0v) is 11.0. The zero-order chi connectivity index (χ0) is 15.7. The van der Waals surface area contributed by atoms with Crippen molar-refractivity contribution in [1.82, 2.24) is 10.3 Å². The number of nitrogens with zero attached hydrogens (tertiary/aromatic N) is 2. The van der Waals surface area contributed by atoms with Crippen molar-refractivity contribution in [3.05, 3.63) is 4.91 Å². The number of amides is 2. The van der Waals surface area contributed by atoms with E-state index in [1.807, 2.05) is 5.32 Å². The van der Waals surface area contributed by atoms with E-state index in [4.69, 9.17) is 21.8 Å². The topological polar surface area (TPSA) is 160 Å². The molecule has 20 heavy (non-hydrogen) atoms. The largest absolute Gasteiger partial charge is 0.394 e. The summed E-state index contributed by atoms with van der Waals surface area (Å²) in [6.45, 7) is -1.08. The fourth-order valence-electron chi connectivity index (χ4n) is 1.22. The van der Waals surface area contributed by atoms with Crippen molar-refractivity contribution in [2.24, 2.45) is 5.29 Å². The molecule has 0 aliphatic carbocycles. The minimum atomic E-state index is -1.89. The summed E-state index contributed by atoms with van der Waals surface area (Å²) in [4.78, 5) is 32.6. The lowest BCUT2D eigenvalue weighted by atomic mass is 10.0. The van der Waals surface area contributed by atoms with Gasteiger partial charge in [-0.2, -0.15) is 5.01 Å². The van der Waals surface area contributed by atoms with E-state index in [9.17, 15) is 24.7 Å². The van der Waals surface area contributed by atoms with Crippen molar-refractivity contribution in [3.8, 4) is 0 Å². The molecule has 0 rings (SSSR count). The minimum Gasteiger partial charge on any atom is -0.394 e. The number of alkyl halides is 1. The number of nitroso groups, excluding NO2 is 1. The summed E-state index contributed by atoms with van der Waals surface area (Å²) in [7, 11) is 0. The molecule has 0 heterocycles. The van der Waals surface area contributed by atoms with E-state index in [0.717, 1.165) is 0 Å². The Kier molecular flexibility index (Phi) is 8.92. The van der Waals surface area contributed by atoms with Crippen molar-refractivity contribution in [2.75, 3.05) is 19.0 Å². The summed E-state index contributed by atoms with van der Waals surface area (Å²) < 4.78 is 0. The first-order valence-electron chi connectivity index (χ1n) is 5.50. The average Bonchev–Trinajstić information content (AvgIpc) is 2.47. The van der Waals surface area contributed by atoms with Crippen LogP contribution in [0.15, 0.2) is 5.29 Å². The summed E-state index contributed by atoms with van der Waals surface area (Å²) in [5, 5.41) is 41.4. The second-order valence-corrected chi connectivity index (χ2v) is 4.11. The predicted molar refractivity (Wildman–Crippen MR) is 66.7 cm³/mol. The fraction of sp³-hybridized carbons (Fsp3) is 0.778. The Morgan fingerprint density at radius 2 is 1.95 bits per heavy atom. The third-order valence-electron chi connectivity index (χ3n) is 2.37. The first kappa shape index (κ1) is 18.7. The Hall–Kier alpha value is -1.33. The summed E-state index contributed by atoms with van der Waals surface area (Å²) >= 11 is 5.32. The van der Waals surface area contributed by atoms with Gasteiger partial charge >= 0.3 is 6.03 Å². The molecular formula is C9H16ClN3O7. The van der Waals surface area contributed by atoms with E-state index in [1.165, 1.54) is 0 Å². The molecule has 0 aromatic carbocycles. The molecule has 2 amide bonds. The molecule has 0 spiro atoms. The highest BCUT2D eigenvalue weighted by molar-refractivity contribution is 6.18. The lowest BCUT2D eigenvalue weighted by Crippen LogP contribution is -2.55. The van der Waals surface area contributed by atoms with E-state index >= 15 is 0 Å². The van der Waals surface area contributed by atoms with Crippen LogP contribution in [0.1, 0.15) is 0 Å². The number of hydrogen-bond acceptors (Lipinski definition) is 8. The molecule has 4 atom stereocenters. The second kappa shape index (κ2) is 9.55. The van der Waals surface area contributed by atoms with Gasteiger partial charge in [-0.05, 0) is 0 Å². The molecule has 0 saturated carbocycles. The highest BCUT2D eigenvalue weighted by Crippen LogP contribution is 2.05. The molecule has 11 heteroatoms. The smallest absolute Gasteiger partial charge is 0.341 e. The number of aliphatic hydroxyl groups is 4. The van der Waals surface area contributed by atoms with E-state index in [-0.39, 0.29) is 18.7 Å².